The van der Waals surface area contributed by atoms with E-state index in [-0.39, 0.29) is 21.5 Å². The predicted molar refractivity (Wildman–Crippen MR) is 87.3 cm³/mol. The van der Waals surface area contributed by atoms with E-state index in [1.807, 2.05) is 12.1 Å². The maximum Gasteiger partial charge on any atom is 0.257 e. The first-order chi connectivity index (χ1) is 10.0. The van der Waals surface area contributed by atoms with Gasteiger partial charge in [0, 0.05) is 11.4 Å². The van der Waals surface area contributed by atoms with Gasteiger partial charge in [0.15, 0.2) is 0 Å². The summed E-state index contributed by atoms with van der Waals surface area (Å²) >= 11 is 12.0. The molecule has 0 atom stereocenters. The van der Waals surface area contributed by atoms with Gasteiger partial charge in [0.2, 0.25) is 0 Å². The molecule has 0 fully saturated rings. The van der Waals surface area contributed by atoms with E-state index < -0.39 is 0 Å². The molecule has 5 heteroatoms. The van der Waals surface area contributed by atoms with Gasteiger partial charge in [-0.05, 0) is 54.7 Å². The van der Waals surface area contributed by atoms with Crippen LogP contribution in [0.2, 0.25) is 10.0 Å². The molecule has 2 aromatic rings. The van der Waals surface area contributed by atoms with Crippen LogP contribution in [0.1, 0.15) is 27.9 Å². The Morgan fingerprint density at radius 1 is 1.10 bits per heavy atom. The van der Waals surface area contributed by atoms with Gasteiger partial charge in [0.05, 0.1) is 15.6 Å². The number of anilines is 2. The van der Waals surface area contributed by atoms with Crippen LogP contribution in [0, 0.1) is 0 Å². The second kappa shape index (κ2) is 5.58. The van der Waals surface area contributed by atoms with Gasteiger partial charge in [-0.3, -0.25) is 4.79 Å². The summed E-state index contributed by atoms with van der Waals surface area (Å²) in [5.74, 6) is -0.313. The Morgan fingerprint density at radius 3 is 2.67 bits per heavy atom. The van der Waals surface area contributed by atoms with Crippen LogP contribution in [0.3, 0.4) is 0 Å². The standard InChI is InChI=1S/C16H14Cl2N2O/c17-14-8-11(19)7-13(15(14)18)16(21)20-12-5-4-9-2-1-3-10(9)6-12/h4-8H,1-3,19H2,(H,20,21). The van der Waals surface area contributed by atoms with Crippen molar-refractivity contribution in [2.24, 2.45) is 0 Å². The molecule has 1 amide bonds. The molecule has 3 rings (SSSR count). The van der Waals surface area contributed by atoms with Crippen molar-refractivity contribution in [2.45, 2.75) is 19.3 Å². The molecule has 0 aliphatic heterocycles. The summed E-state index contributed by atoms with van der Waals surface area (Å²) in [6.45, 7) is 0. The Labute approximate surface area is 133 Å². The van der Waals surface area contributed by atoms with Crippen LogP contribution in [0.25, 0.3) is 0 Å². The maximum atomic E-state index is 12.3. The number of benzene rings is 2. The fourth-order valence-corrected chi connectivity index (χ4v) is 3.05. The zero-order chi connectivity index (χ0) is 15.0. The number of hydrogen-bond acceptors (Lipinski definition) is 2. The predicted octanol–water partition coefficient (Wildman–Crippen LogP) is 4.32. The van der Waals surface area contributed by atoms with Gasteiger partial charge in [-0.15, -0.1) is 0 Å². The number of nitrogens with two attached hydrogens (primary N) is 1. The molecule has 0 unspecified atom stereocenters. The lowest BCUT2D eigenvalue weighted by Crippen LogP contribution is -2.13. The summed E-state index contributed by atoms with van der Waals surface area (Å²) in [5.41, 5.74) is 9.81. The van der Waals surface area contributed by atoms with Crippen LogP contribution in [-0.4, -0.2) is 5.91 Å². The molecule has 0 bridgehead atoms. The minimum Gasteiger partial charge on any atom is -0.399 e. The molecule has 21 heavy (non-hydrogen) atoms. The lowest BCUT2D eigenvalue weighted by Gasteiger charge is -2.10. The van der Waals surface area contributed by atoms with Crippen molar-refractivity contribution in [1.82, 2.24) is 0 Å². The summed E-state index contributed by atoms with van der Waals surface area (Å²) in [4.78, 5) is 12.3. The molecular formula is C16H14Cl2N2O. The minimum absolute atomic E-state index is 0.213. The van der Waals surface area contributed by atoms with Crippen molar-refractivity contribution in [3.05, 3.63) is 57.1 Å². The topological polar surface area (TPSA) is 55.1 Å². The average Bonchev–Trinajstić information content (AvgIpc) is 2.90. The van der Waals surface area contributed by atoms with Gasteiger partial charge < -0.3 is 11.1 Å². The van der Waals surface area contributed by atoms with Gasteiger partial charge in [0.25, 0.3) is 5.91 Å². The van der Waals surface area contributed by atoms with E-state index in [2.05, 4.69) is 11.4 Å². The van der Waals surface area contributed by atoms with Crippen molar-refractivity contribution < 1.29 is 4.79 Å². The van der Waals surface area contributed by atoms with Gasteiger partial charge in [-0.1, -0.05) is 29.3 Å². The zero-order valence-electron chi connectivity index (χ0n) is 11.2. The Morgan fingerprint density at radius 2 is 1.86 bits per heavy atom. The number of carbonyl (C=O) groups is 1. The number of nitrogens with one attached hydrogen (secondary N) is 1. The highest BCUT2D eigenvalue weighted by molar-refractivity contribution is 6.44. The van der Waals surface area contributed by atoms with Crippen molar-refractivity contribution in [1.29, 1.82) is 0 Å². The van der Waals surface area contributed by atoms with E-state index in [9.17, 15) is 4.79 Å². The number of aryl methyl sites for hydroxylation is 2. The largest absolute Gasteiger partial charge is 0.399 e. The number of fused-ring (bicyclic) bond motifs is 1. The highest BCUT2D eigenvalue weighted by Crippen LogP contribution is 2.30. The third-order valence-electron chi connectivity index (χ3n) is 3.65. The monoisotopic (exact) mass is 320 g/mol. The van der Waals surface area contributed by atoms with Crippen molar-refractivity contribution in [3.8, 4) is 0 Å². The molecule has 0 heterocycles. The smallest absolute Gasteiger partial charge is 0.257 e. The van der Waals surface area contributed by atoms with Gasteiger partial charge >= 0.3 is 0 Å². The fourth-order valence-electron chi connectivity index (χ4n) is 2.62. The van der Waals surface area contributed by atoms with Crippen LogP contribution in [0.15, 0.2) is 30.3 Å². The molecule has 1 aliphatic rings. The Kier molecular flexibility index (Phi) is 3.79. The highest BCUT2D eigenvalue weighted by Gasteiger charge is 2.16. The number of halogens is 2. The SMILES string of the molecule is Nc1cc(Cl)c(Cl)c(C(=O)Nc2ccc3c(c2)CCC3)c1. The molecule has 3 nitrogen and oxygen atoms in total. The van der Waals surface area contributed by atoms with E-state index in [1.165, 1.54) is 29.7 Å². The van der Waals surface area contributed by atoms with E-state index in [0.29, 0.717) is 5.69 Å². The molecule has 0 saturated carbocycles. The molecule has 0 aromatic heterocycles. The first kappa shape index (κ1) is 14.2. The normalized spacial score (nSPS) is 13.0. The summed E-state index contributed by atoms with van der Waals surface area (Å²) in [7, 11) is 0. The first-order valence-electron chi connectivity index (χ1n) is 6.72. The summed E-state index contributed by atoms with van der Waals surface area (Å²) in [6, 6.07) is 9.03. The van der Waals surface area contributed by atoms with Gasteiger partial charge in [-0.25, -0.2) is 0 Å². The van der Waals surface area contributed by atoms with E-state index in [1.54, 1.807) is 0 Å². The lowest BCUT2D eigenvalue weighted by atomic mass is 10.1. The quantitative estimate of drug-likeness (QED) is 0.810. The lowest BCUT2D eigenvalue weighted by molar-refractivity contribution is 0.102. The Bertz CT molecular complexity index is 728. The first-order valence-corrected chi connectivity index (χ1v) is 7.48. The Balaban J connectivity index is 1.87. The van der Waals surface area contributed by atoms with Crippen LogP contribution < -0.4 is 11.1 Å². The zero-order valence-corrected chi connectivity index (χ0v) is 12.8. The van der Waals surface area contributed by atoms with Gasteiger partial charge in [0.1, 0.15) is 0 Å². The van der Waals surface area contributed by atoms with Crippen molar-refractivity contribution >= 4 is 40.5 Å². The van der Waals surface area contributed by atoms with Crippen LogP contribution in [0.4, 0.5) is 11.4 Å². The molecule has 108 valence electrons. The second-order valence-corrected chi connectivity index (χ2v) is 5.94. The highest BCUT2D eigenvalue weighted by atomic mass is 35.5. The third kappa shape index (κ3) is 2.85. The van der Waals surface area contributed by atoms with Crippen LogP contribution in [-0.2, 0) is 12.8 Å². The van der Waals surface area contributed by atoms with Gasteiger partial charge in [-0.2, -0.15) is 0 Å². The number of rotatable bonds is 2. The fraction of sp³-hybridized carbons (Fsp3) is 0.188. The number of carbonyl (C=O) groups excluding carboxylic acids is 1. The molecule has 3 N–H and O–H groups in total. The summed E-state index contributed by atoms with van der Waals surface area (Å²) in [5, 5.41) is 3.33. The summed E-state index contributed by atoms with van der Waals surface area (Å²) in [6.07, 6.45) is 3.34. The van der Waals surface area contributed by atoms with Crippen molar-refractivity contribution in [3.63, 3.8) is 0 Å². The number of hydrogen-bond donors (Lipinski definition) is 2. The van der Waals surface area contributed by atoms with Crippen LogP contribution >= 0.6 is 23.2 Å². The molecule has 0 saturated heterocycles. The second-order valence-electron chi connectivity index (χ2n) is 5.16. The minimum atomic E-state index is -0.313. The molecular weight excluding hydrogens is 307 g/mol. The third-order valence-corrected chi connectivity index (χ3v) is 4.45. The molecule has 0 spiro atoms. The van der Waals surface area contributed by atoms with Crippen molar-refractivity contribution in [2.75, 3.05) is 11.1 Å². The van der Waals surface area contributed by atoms with E-state index >= 15 is 0 Å². The summed E-state index contributed by atoms with van der Waals surface area (Å²) < 4.78 is 0. The number of nitrogen functional groups attached to an aromatic ring is 1. The number of amides is 1. The average molecular weight is 321 g/mol. The Hall–Kier alpha value is -1.71. The van der Waals surface area contributed by atoms with E-state index in [4.69, 9.17) is 28.9 Å². The maximum absolute atomic E-state index is 12.3. The van der Waals surface area contributed by atoms with E-state index in [0.717, 1.165) is 18.5 Å². The van der Waals surface area contributed by atoms with Crippen LogP contribution in [0.5, 0.6) is 0 Å². The molecule has 0 radical (unpaired) electrons. The molecule has 2 aromatic carbocycles. The molecule has 1 aliphatic carbocycles.